The van der Waals surface area contributed by atoms with Gasteiger partial charge in [0.25, 0.3) is 0 Å². The Labute approximate surface area is 173 Å². The van der Waals surface area contributed by atoms with Crippen LogP contribution in [0.4, 0.5) is 0 Å². The minimum Gasteiger partial charge on any atom is -0.486 e. The Morgan fingerprint density at radius 3 is 2.66 bits per heavy atom. The van der Waals surface area contributed by atoms with Crippen LogP contribution < -0.4 is 15.9 Å². The van der Waals surface area contributed by atoms with E-state index >= 15 is 0 Å². The van der Waals surface area contributed by atoms with Gasteiger partial charge in [0.05, 0.1) is 18.1 Å². The van der Waals surface area contributed by atoms with Gasteiger partial charge in [-0.3, -0.25) is 4.79 Å². The second-order valence-electron chi connectivity index (χ2n) is 6.87. The van der Waals surface area contributed by atoms with Gasteiger partial charge in [-0.15, -0.1) is 10.2 Å². The third kappa shape index (κ3) is 5.54. The molecule has 154 valence electrons. The third-order valence-electron chi connectivity index (χ3n) is 4.33. The zero-order valence-electron chi connectivity index (χ0n) is 16.7. The molecule has 2 aromatic heterocycles. The van der Waals surface area contributed by atoms with Crippen LogP contribution in [0, 0.1) is 0 Å². The minimum atomic E-state index is -0.208. The zero-order chi connectivity index (χ0) is 20.8. The summed E-state index contributed by atoms with van der Waals surface area (Å²) in [4.78, 5) is 12.1. The molecule has 9 heteroatoms. The summed E-state index contributed by atoms with van der Waals surface area (Å²) in [6.07, 6.45) is 1.58. The SMILES string of the molecule is CC(C)c1ccc(OCc2nnc(SCC(=O)NC(C)c3ccco3)n2N)cc1. The number of amides is 1. The van der Waals surface area contributed by atoms with E-state index in [-0.39, 0.29) is 24.3 Å². The van der Waals surface area contributed by atoms with Gasteiger partial charge in [-0.25, -0.2) is 4.68 Å². The Morgan fingerprint density at radius 2 is 2.00 bits per heavy atom. The van der Waals surface area contributed by atoms with Crippen molar-refractivity contribution >= 4 is 17.7 Å². The second-order valence-corrected chi connectivity index (χ2v) is 7.82. The van der Waals surface area contributed by atoms with E-state index in [2.05, 4.69) is 29.4 Å². The van der Waals surface area contributed by atoms with Crippen molar-refractivity contribution in [2.24, 2.45) is 0 Å². The summed E-state index contributed by atoms with van der Waals surface area (Å²) in [5.41, 5.74) is 1.25. The number of hydrogen-bond donors (Lipinski definition) is 2. The number of nitrogens with one attached hydrogen (secondary N) is 1. The van der Waals surface area contributed by atoms with E-state index < -0.39 is 0 Å². The number of aromatic nitrogens is 3. The van der Waals surface area contributed by atoms with Crippen molar-refractivity contribution in [1.29, 1.82) is 0 Å². The second kappa shape index (κ2) is 9.51. The lowest BCUT2D eigenvalue weighted by atomic mass is 10.0. The molecule has 0 spiro atoms. The number of carbonyl (C=O) groups excluding carboxylic acids is 1. The number of benzene rings is 1. The predicted octanol–water partition coefficient (Wildman–Crippen LogP) is 3.26. The molecule has 0 aliphatic carbocycles. The van der Waals surface area contributed by atoms with Gasteiger partial charge >= 0.3 is 0 Å². The smallest absolute Gasteiger partial charge is 0.231 e. The van der Waals surface area contributed by atoms with Crippen molar-refractivity contribution in [2.75, 3.05) is 11.6 Å². The fraction of sp³-hybridized carbons (Fsp3) is 0.350. The number of hydrogen-bond acceptors (Lipinski definition) is 7. The molecule has 0 aliphatic rings. The molecule has 0 aliphatic heterocycles. The number of thioether (sulfide) groups is 1. The van der Waals surface area contributed by atoms with Gasteiger partial charge in [0.15, 0.2) is 5.82 Å². The van der Waals surface area contributed by atoms with Crippen molar-refractivity contribution in [3.05, 3.63) is 59.8 Å². The largest absolute Gasteiger partial charge is 0.486 e. The molecular formula is C20H25N5O3S. The van der Waals surface area contributed by atoms with Gasteiger partial charge in [-0.2, -0.15) is 0 Å². The first-order valence-corrected chi connectivity index (χ1v) is 10.3. The summed E-state index contributed by atoms with van der Waals surface area (Å²) in [7, 11) is 0. The van der Waals surface area contributed by atoms with Gasteiger partial charge in [-0.1, -0.05) is 37.7 Å². The predicted molar refractivity (Wildman–Crippen MR) is 111 cm³/mol. The monoisotopic (exact) mass is 415 g/mol. The van der Waals surface area contributed by atoms with E-state index in [9.17, 15) is 4.79 Å². The van der Waals surface area contributed by atoms with Crippen molar-refractivity contribution in [2.45, 2.75) is 44.5 Å². The highest BCUT2D eigenvalue weighted by Gasteiger charge is 2.15. The van der Waals surface area contributed by atoms with Crippen LogP contribution in [0.15, 0.2) is 52.2 Å². The van der Waals surface area contributed by atoms with Crippen LogP contribution in [0.1, 0.15) is 49.9 Å². The van der Waals surface area contributed by atoms with Crippen molar-refractivity contribution < 1.29 is 13.9 Å². The van der Waals surface area contributed by atoms with Gasteiger partial charge in [0.1, 0.15) is 18.1 Å². The van der Waals surface area contributed by atoms with Crippen molar-refractivity contribution in [1.82, 2.24) is 20.2 Å². The van der Waals surface area contributed by atoms with Crippen LogP contribution in [0.3, 0.4) is 0 Å². The van der Waals surface area contributed by atoms with Crippen LogP contribution in [0.25, 0.3) is 0 Å². The number of nitrogens with two attached hydrogens (primary N) is 1. The summed E-state index contributed by atoms with van der Waals surface area (Å²) in [5.74, 6) is 8.44. The number of carbonyl (C=O) groups is 1. The van der Waals surface area contributed by atoms with Gasteiger partial charge in [0, 0.05) is 0 Å². The third-order valence-corrected chi connectivity index (χ3v) is 5.27. The van der Waals surface area contributed by atoms with Gasteiger partial charge in [0.2, 0.25) is 11.1 Å². The number of rotatable bonds is 9. The van der Waals surface area contributed by atoms with Crippen molar-refractivity contribution in [3.63, 3.8) is 0 Å². The van der Waals surface area contributed by atoms with E-state index in [1.807, 2.05) is 37.3 Å². The fourth-order valence-electron chi connectivity index (χ4n) is 2.62. The first kappa shape index (κ1) is 20.8. The lowest BCUT2D eigenvalue weighted by molar-refractivity contribution is -0.119. The topological polar surface area (TPSA) is 108 Å². The summed E-state index contributed by atoms with van der Waals surface area (Å²) >= 11 is 1.21. The Morgan fingerprint density at radius 1 is 1.24 bits per heavy atom. The molecule has 1 amide bonds. The van der Waals surface area contributed by atoms with E-state index in [1.54, 1.807) is 12.3 Å². The zero-order valence-corrected chi connectivity index (χ0v) is 17.5. The minimum absolute atomic E-state index is 0.148. The molecule has 3 aromatic rings. The first-order valence-electron chi connectivity index (χ1n) is 9.31. The quantitative estimate of drug-likeness (QED) is 0.408. The molecule has 0 bridgehead atoms. The maximum atomic E-state index is 12.1. The Hall–Kier alpha value is -2.94. The highest BCUT2D eigenvalue weighted by atomic mass is 32.2. The Balaban J connectivity index is 1.49. The number of nitrogens with zero attached hydrogens (tertiary/aromatic N) is 3. The molecule has 29 heavy (non-hydrogen) atoms. The highest BCUT2D eigenvalue weighted by molar-refractivity contribution is 7.99. The summed E-state index contributed by atoms with van der Waals surface area (Å²) in [6, 6.07) is 11.3. The normalized spacial score (nSPS) is 12.1. The summed E-state index contributed by atoms with van der Waals surface area (Å²) in [6.45, 7) is 6.33. The molecule has 8 nitrogen and oxygen atoms in total. The van der Waals surface area contributed by atoms with Crippen LogP contribution in [0.2, 0.25) is 0 Å². The molecule has 0 saturated heterocycles. The van der Waals surface area contributed by atoms with Crippen molar-refractivity contribution in [3.8, 4) is 5.75 Å². The lowest BCUT2D eigenvalue weighted by Gasteiger charge is -2.11. The molecular weight excluding hydrogens is 390 g/mol. The number of ether oxygens (including phenoxy) is 1. The molecule has 1 unspecified atom stereocenters. The van der Waals surface area contributed by atoms with E-state index in [0.29, 0.717) is 22.7 Å². The molecule has 0 fully saturated rings. The van der Waals surface area contributed by atoms with Gasteiger partial charge in [-0.05, 0) is 42.7 Å². The molecule has 3 N–H and O–H groups in total. The average molecular weight is 416 g/mol. The lowest BCUT2D eigenvalue weighted by Crippen LogP contribution is -2.28. The molecule has 0 radical (unpaired) electrons. The summed E-state index contributed by atoms with van der Waals surface area (Å²) in [5, 5.41) is 11.4. The molecule has 2 heterocycles. The highest BCUT2D eigenvalue weighted by Crippen LogP contribution is 2.20. The molecule has 1 aromatic carbocycles. The van der Waals surface area contributed by atoms with Crippen LogP contribution in [-0.2, 0) is 11.4 Å². The van der Waals surface area contributed by atoms with Gasteiger partial charge < -0.3 is 20.3 Å². The molecule has 1 atom stereocenters. The van der Waals surface area contributed by atoms with E-state index in [1.165, 1.54) is 22.0 Å². The molecule has 3 rings (SSSR count). The Bertz CT molecular complexity index is 922. The maximum absolute atomic E-state index is 12.1. The maximum Gasteiger partial charge on any atom is 0.231 e. The van der Waals surface area contributed by atoms with Crippen LogP contribution in [-0.4, -0.2) is 26.5 Å². The molecule has 0 saturated carbocycles. The fourth-order valence-corrected chi connectivity index (χ4v) is 3.31. The average Bonchev–Trinajstić information content (AvgIpc) is 3.35. The standard InChI is InChI=1S/C20H25N5O3S/c1-13(2)15-6-8-16(9-7-15)28-11-18-23-24-20(25(18)21)29-12-19(26)22-14(3)17-5-4-10-27-17/h4-10,13-14H,11-12,21H2,1-3H3,(H,22,26). The van der Waals surface area contributed by atoms with Crippen LogP contribution in [0.5, 0.6) is 5.75 Å². The first-order chi connectivity index (χ1) is 13.9. The Kier molecular flexibility index (Phi) is 6.82. The van der Waals surface area contributed by atoms with E-state index in [4.69, 9.17) is 15.0 Å². The summed E-state index contributed by atoms with van der Waals surface area (Å²) < 4.78 is 12.4. The van der Waals surface area contributed by atoms with Crippen LogP contribution >= 0.6 is 11.8 Å². The number of furan rings is 1. The van der Waals surface area contributed by atoms with E-state index in [0.717, 1.165) is 5.75 Å². The number of nitrogen functional groups attached to an aromatic ring is 1.